The molecule has 34 heavy (non-hydrogen) atoms. The number of hydrogen-bond acceptors (Lipinski definition) is 5. The van der Waals surface area contributed by atoms with E-state index in [9.17, 15) is 26.3 Å². The molecule has 0 radical (unpaired) electrons. The molecule has 0 bridgehead atoms. The molecule has 1 aliphatic carbocycles. The summed E-state index contributed by atoms with van der Waals surface area (Å²) in [7, 11) is 2.10. The Morgan fingerprint density at radius 3 is 2.21 bits per heavy atom. The number of carbonyl (C=O) groups is 1. The van der Waals surface area contributed by atoms with Crippen molar-refractivity contribution in [2.45, 2.75) is 59.0 Å². The number of nitrogens with zero attached hydrogens (tertiary/aromatic N) is 3. The van der Waals surface area contributed by atoms with Crippen LogP contribution in [0.25, 0.3) is 0 Å². The van der Waals surface area contributed by atoms with Gasteiger partial charge in [-0.2, -0.15) is 13.2 Å². The van der Waals surface area contributed by atoms with Crippen molar-refractivity contribution in [3.8, 4) is 0 Å². The van der Waals surface area contributed by atoms with Gasteiger partial charge in [0.1, 0.15) is 0 Å². The second kappa shape index (κ2) is 9.63. The standard InChI is InChI=1S/C17H16F3N4.C2HF3O.3CH3.Sn/c1-24-8-11-4-5-14(15(10-2-3-10)13(11)9-24)23-16-21-6-12(7-22-16)17(18,19)20;3-2(4,5)1-6;;;;/h4-6,10H,2-3,8-9H2,1H3,(H,21,22,23);1H;3*1H3;. The van der Waals surface area contributed by atoms with E-state index in [1.54, 1.807) is 0 Å². The van der Waals surface area contributed by atoms with Crippen molar-refractivity contribution in [3.63, 3.8) is 0 Å². The number of halogens is 6. The van der Waals surface area contributed by atoms with E-state index in [4.69, 9.17) is 4.79 Å². The van der Waals surface area contributed by atoms with Gasteiger partial charge >= 0.3 is 174 Å². The molecule has 1 aliphatic heterocycles. The van der Waals surface area contributed by atoms with E-state index >= 15 is 0 Å². The fourth-order valence-electron chi connectivity index (χ4n) is 3.95. The first kappa shape index (κ1) is 26.7. The van der Waals surface area contributed by atoms with E-state index in [1.807, 2.05) is 20.9 Å². The Morgan fingerprint density at radius 2 is 1.71 bits per heavy atom. The molecule has 1 saturated carbocycles. The Kier molecular flexibility index (Phi) is 7.57. The Balaban J connectivity index is 0.000000481. The molecule has 1 aromatic heterocycles. The van der Waals surface area contributed by atoms with Crippen molar-refractivity contribution in [2.24, 2.45) is 0 Å². The Bertz CT molecular complexity index is 1060. The molecule has 1 N–H and O–H groups in total. The molecule has 5 nitrogen and oxygen atoms in total. The van der Waals surface area contributed by atoms with Gasteiger partial charge in [0.15, 0.2) is 0 Å². The Labute approximate surface area is 197 Å². The molecule has 2 aromatic rings. The van der Waals surface area contributed by atoms with Gasteiger partial charge in [-0.3, -0.25) is 4.79 Å². The summed E-state index contributed by atoms with van der Waals surface area (Å²) >= 11 is -3.10. The molecule has 12 heteroatoms. The summed E-state index contributed by atoms with van der Waals surface area (Å²) in [5, 5.41) is 3.26. The zero-order valence-electron chi connectivity index (χ0n) is 19.2. The van der Waals surface area contributed by atoms with E-state index in [0.29, 0.717) is 5.92 Å². The van der Waals surface area contributed by atoms with Gasteiger partial charge in [0, 0.05) is 0 Å². The summed E-state index contributed by atoms with van der Waals surface area (Å²) < 4.78 is 71.8. The molecule has 0 saturated heterocycles. The molecule has 0 amide bonds. The number of rotatable bonds is 4. The van der Waals surface area contributed by atoms with E-state index in [1.165, 1.54) is 16.7 Å². The number of alkyl halides is 6. The SMILES string of the molecule is CN1Cc2ccc(Nc3ncc(C(F)(F)F)[c]([Sn]([CH3])([CH3])[CH3])n3)c(C3CC3)c2C1.O=CC(F)(F)F. The summed E-state index contributed by atoms with van der Waals surface area (Å²) in [6.07, 6.45) is -6.86. The number of benzene rings is 1. The molecule has 0 spiro atoms. The van der Waals surface area contributed by atoms with Crippen LogP contribution in [0.5, 0.6) is 0 Å². The van der Waals surface area contributed by atoms with Gasteiger partial charge in [-0.05, 0) is 0 Å². The molecular weight excluding hydrogens is 569 g/mol. The van der Waals surface area contributed by atoms with E-state index in [-0.39, 0.29) is 9.66 Å². The first-order valence-corrected chi connectivity index (χ1v) is 20.7. The minimum absolute atomic E-state index is 0.216. The third-order valence-electron chi connectivity index (χ3n) is 5.49. The maximum absolute atomic E-state index is 13.4. The van der Waals surface area contributed by atoms with Crippen LogP contribution in [0.1, 0.15) is 41.0 Å². The van der Waals surface area contributed by atoms with Crippen LogP contribution >= 0.6 is 0 Å². The van der Waals surface area contributed by atoms with Crippen molar-refractivity contribution >= 4 is 40.0 Å². The summed E-state index contributed by atoms with van der Waals surface area (Å²) in [5.74, 6) is 0.794. The van der Waals surface area contributed by atoms with Gasteiger partial charge in [-0.15, -0.1) is 0 Å². The third kappa shape index (κ3) is 6.61. The zero-order valence-corrected chi connectivity index (χ0v) is 22.1. The number of fused-ring (bicyclic) bond motifs is 1. The first-order valence-electron chi connectivity index (χ1n) is 10.7. The van der Waals surface area contributed by atoms with Crippen LogP contribution < -0.4 is 9.03 Å². The third-order valence-corrected chi connectivity index (χ3v) is 10.6. The number of aromatic nitrogens is 2. The van der Waals surface area contributed by atoms with Crippen LogP contribution in [0.3, 0.4) is 0 Å². The second-order valence-corrected chi connectivity index (χ2v) is 23.8. The normalized spacial score (nSPS) is 16.5. The summed E-state index contributed by atoms with van der Waals surface area (Å²) in [5.41, 5.74) is 4.25. The molecule has 1 fully saturated rings. The van der Waals surface area contributed by atoms with Crippen LogP contribution in [0.2, 0.25) is 14.8 Å². The first-order chi connectivity index (χ1) is 15.6. The van der Waals surface area contributed by atoms with Gasteiger partial charge in [0.25, 0.3) is 0 Å². The number of anilines is 2. The minimum Gasteiger partial charge on any atom is -0.293 e. The van der Waals surface area contributed by atoms with Crippen LogP contribution in [0.15, 0.2) is 18.3 Å². The van der Waals surface area contributed by atoms with E-state index in [2.05, 4.69) is 33.3 Å². The van der Waals surface area contributed by atoms with Crippen LogP contribution in [0.4, 0.5) is 38.0 Å². The van der Waals surface area contributed by atoms with Crippen molar-refractivity contribution in [2.75, 3.05) is 12.4 Å². The number of nitrogens with one attached hydrogen (secondary N) is 1. The quantitative estimate of drug-likeness (QED) is 0.294. The number of hydrogen-bond donors (Lipinski definition) is 1. The monoisotopic (exact) mass is 596 g/mol. The van der Waals surface area contributed by atoms with Crippen LogP contribution in [-0.2, 0) is 24.1 Å². The smallest absolute Gasteiger partial charge is 0.293 e. The molecule has 1 aromatic carbocycles. The van der Waals surface area contributed by atoms with Gasteiger partial charge < -0.3 is 0 Å². The fraction of sp³-hybridized carbons (Fsp3) is 0.500. The van der Waals surface area contributed by atoms with Gasteiger partial charge in [-0.25, -0.2) is 0 Å². The maximum Gasteiger partial charge on any atom is 0.446 e. The topological polar surface area (TPSA) is 58.1 Å². The molecular formula is C22H26F6N4OSn. The maximum atomic E-state index is 13.4. The second-order valence-electron chi connectivity index (χ2n) is 9.60. The summed E-state index contributed by atoms with van der Waals surface area (Å²) in [6.45, 7) is 1.85. The van der Waals surface area contributed by atoms with Gasteiger partial charge in [-0.1, -0.05) is 0 Å². The van der Waals surface area contributed by atoms with Crippen LogP contribution in [0, 0.1) is 0 Å². The van der Waals surface area contributed by atoms with Gasteiger partial charge in [0.2, 0.25) is 6.29 Å². The molecule has 4 rings (SSSR count). The summed E-state index contributed by atoms with van der Waals surface area (Å²) in [6, 6.07) is 4.15. The predicted molar refractivity (Wildman–Crippen MR) is 119 cm³/mol. The van der Waals surface area contributed by atoms with Crippen molar-refractivity contribution < 1.29 is 31.1 Å². The van der Waals surface area contributed by atoms with E-state index < -0.39 is 42.6 Å². The Hall–Kier alpha value is -1.89. The van der Waals surface area contributed by atoms with Crippen LogP contribution in [-0.4, -0.2) is 52.8 Å². The average Bonchev–Trinajstić information content (AvgIpc) is 3.46. The van der Waals surface area contributed by atoms with Crippen molar-refractivity contribution in [1.82, 2.24) is 14.9 Å². The summed E-state index contributed by atoms with van der Waals surface area (Å²) in [4.78, 5) is 25.2. The van der Waals surface area contributed by atoms with Crippen molar-refractivity contribution in [3.05, 3.63) is 40.6 Å². The predicted octanol–water partition coefficient (Wildman–Crippen LogP) is 5.35. The minimum atomic E-state index is -4.64. The van der Waals surface area contributed by atoms with Gasteiger partial charge in [0.05, 0.1) is 0 Å². The molecule has 2 heterocycles. The molecule has 186 valence electrons. The van der Waals surface area contributed by atoms with E-state index in [0.717, 1.165) is 37.8 Å². The largest absolute Gasteiger partial charge is 0.446 e. The number of aldehydes is 1. The average molecular weight is 595 g/mol. The Morgan fingerprint density at radius 1 is 1.09 bits per heavy atom. The van der Waals surface area contributed by atoms with Crippen molar-refractivity contribution in [1.29, 1.82) is 0 Å². The fourth-order valence-corrected chi connectivity index (χ4v) is 8.10. The molecule has 0 atom stereocenters. The number of carbonyl (C=O) groups excluding carboxylic acids is 1. The zero-order chi connectivity index (χ0) is 25.5. The molecule has 2 aliphatic rings. The molecule has 0 unspecified atom stereocenters.